The molecule has 1 atom stereocenters. The molecule has 0 saturated carbocycles. The Morgan fingerprint density at radius 3 is 2.75 bits per heavy atom. The number of carbonyl (C=O) groups is 1. The average molecular weight is 348 g/mol. The van der Waals surface area contributed by atoms with Crippen LogP contribution >= 0.6 is 11.8 Å². The van der Waals surface area contributed by atoms with Crippen LogP contribution in [0.25, 0.3) is 0 Å². The zero-order chi connectivity index (χ0) is 16.7. The van der Waals surface area contributed by atoms with E-state index in [9.17, 15) is 9.59 Å². The molecule has 0 bridgehead atoms. The lowest BCUT2D eigenvalue weighted by Crippen LogP contribution is -2.47. The van der Waals surface area contributed by atoms with Crippen LogP contribution < -0.4 is 5.56 Å². The van der Waals surface area contributed by atoms with Crippen molar-refractivity contribution in [1.29, 1.82) is 0 Å². The summed E-state index contributed by atoms with van der Waals surface area (Å²) in [6.07, 6.45) is 4.37. The fourth-order valence-electron chi connectivity index (χ4n) is 3.85. The molecule has 1 unspecified atom stereocenters. The number of likely N-dealkylation sites (N-methyl/N-ethyl adjacent to an activating group) is 1. The number of hydrogen-bond acceptors (Lipinski definition) is 5. The smallest absolute Gasteiger partial charge is 0.257 e. The Kier molecular flexibility index (Phi) is 4.39. The Balaban J connectivity index is 1.54. The maximum atomic E-state index is 12.9. The van der Waals surface area contributed by atoms with Crippen molar-refractivity contribution in [3.63, 3.8) is 0 Å². The normalized spacial score (nSPS) is 23.9. The number of aromatic nitrogens is 2. The van der Waals surface area contributed by atoms with E-state index in [4.69, 9.17) is 4.98 Å². The van der Waals surface area contributed by atoms with Crippen LogP contribution in [0.15, 0.2) is 9.95 Å². The summed E-state index contributed by atoms with van der Waals surface area (Å²) >= 11 is 1.62. The van der Waals surface area contributed by atoms with E-state index in [1.54, 1.807) is 11.8 Å². The number of hydrogen-bond donors (Lipinski definition) is 0. The Morgan fingerprint density at radius 1 is 1.21 bits per heavy atom. The highest BCUT2D eigenvalue weighted by Crippen LogP contribution is 2.34. The molecule has 4 rings (SSSR count). The van der Waals surface area contributed by atoms with E-state index in [0.29, 0.717) is 6.42 Å². The Hall–Kier alpha value is -1.34. The fourth-order valence-corrected chi connectivity index (χ4v) is 5.00. The molecule has 2 aliphatic heterocycles. The van der Waals surface area contributed by atoms with E-state index < -0.39 is 0 Å². The third-order valence-corrected chi connectivity index (χ3v) is 6.49. The quantitative estimate of drug-likeness (QED) is 0.745. The Morgan fingerprint density at radius 2 is 1.96 bits per heavy atom. The van der Waals surface area contributed by atoms with Crippen LogP contribution in [-0.2, 0) is 17.6 Å². The summed E-state index contributed by atoms with van der Waals surface area (Å²) in [5.41, 5.74) is 2.00. The molecule has 7 heteroatoms. The topological polar surface area (TPSA) is 58.4 Å². The van der Waals surface area contributed by atoms with Crippen LogP contribution in [-0.4, -0.2) is 64.2 Å². The highest BCUT2D eigenvalue weighted by atomic mass is 32.2. The van der Waals surface area contributed by atoms with E-state index in [-0.39, 0.29) is 17.5 Å². The molecule has 1 saturated heterocycles. The predicted molar refractivity (Wildman–Crippen MR) is 93.6 cm³/mol. The lowest BCUT2D eigenvalue weighted by Gasteiger charge is -2.33. The van der Waals surface area contributed by atoms with Gasteiger partial charge in [-0.3, -0.25) is 14.2 Å². The third-order valence-electron chi connectivity index (χ3n) is 5.39. The predicted octanol–water partition coefficient (Wildman–Crippen LogP) is 0.933. The number of amides is 1. The molecule has 0 radical (unpaired) electrons. The molecule has 1 aromatic heterocycles. The summed E-state index contributed by atoms with van der Waals surface area (Å²) < 4.78 is 1.81. The average Bonchev–Trinajstić information content (AvgIpc) is 2.98. The van der Waals surface area contributed by atoms with E-state index in [1.165, 1.54) is 0 Å². The summed E-state index contributed by atoms with van der Waals surface area (Å²) in [4.78, 5) is 34.4. The second-order valence-corrected chi connectivity index (χ2v) is 8.04. The van der Waals surface area contributed by atoms with Gasteiger partial charge in [0.25, 0.3) is 5.56 Å². The van der Waals surface area contributed by atoms with Crippen molar-refractivity contribution in [3.8, 4) is 0 Å². The molecule has 1 fully saturated rings. The summed E-state index contributed by atoms with van der Waals surface area (Å²) in [6, 6.07) is -0.0376. The lowest BCUT2D eigenvalue weighted by atomic mass is 9.97. The van der Waals surface area contributed by atoms with Gasteiger partial charge in [-0.2, -0.15) is 0 Å². The minimum atomic E-state index is -0.0376. The molecule has 3 heterocycles. The molecule has 3 aliphatic rings. The molecule has 1 aliphatic carbocycles. The first-order chi connectivity index (χ1) is 11.6. The molecule has 0 spiro atoms. The molecule has 1 amide bonds. The lowest BCUT2D eigenvalue weighted by molar-refractivity contribution is -0.133. The number of rotatable bonds is 2. The zero-order valence-electron chi connectivity index (χ0n) is 14.2. The first kappa shape index (κ1) is 16.1. The van der Waals surface area contributed by atoms with Crippen molar-refractivity contribution in [2.24, 2.45) is 0 Å². The molecule has 6 nitrogen and oxygen atoms in total. The van der Waals surface area contributed by atoms with Crippen LogP contribution in [0.3, 0.4) is 0 Å². The zero-order valence-corrected chi connectivity index (χ0v) is 15.0. The Bertz CT molecular complexity index is 709. The van der Waals surface area contributed by atoms with Gasteiger partial charge in [0.15, 0.2) is 5.16 Å². The van der Waals surface area contributed by atoms with Gasteiger partial charge in [-0.25, -0.2) is 4.98 Å². The van der Waals surface area contributed by atoms with Crippen molar-refractivity contribution >= 4 is 17.7 Å². The van der Waals surface area contributed by atoms with Gasteiger partial charge < -0.3 is 9.80 Å². The largest absolute Gasteiger partial charge is 0.340 e. The van der Waals surface area contributed by atoms with Gasteiger partial charge in [0, 0.05) is 43.9 Å². The number of thioether (sulfide) groups is 1. The second kappa shape index (κ2) is 6.52. The van der Waals surface area contributed by atoms with Gasteiger partial charge in [0.2, 0.25) is 5.91 Å². The van der Waals surface area contributed by atoms with E-state index in [2.05, 4.69) is 11.9 Å². The van der Waals surface area contributed by atoms with E-state index >= 15 is 0 Å². The molecule has 1 aromatic rings. The highest BCUT2D eigenvalue weighted by molar-refractivity contribution is 7.99. The molecule has 0 aromatic carbocycles. The molecular formula is C17H24N4O2S. The maximum Gasteiger partial charge on any atom is 0.257 e. The third kappa shape index (κ3) is 2.88. The van der Waals surface area contributed by atoms with Gasteiger partial charge in [0.05, 0.1) is 11.7 Å². The molecule has 130 valence electrons. The van der Waals surface area contributed by atoms with Crippen molar-refractivity contribution in [2.75, 3.05) is 39.0 Å². The summed E-state index contributed by atoms with van der Waals surface area (Å²) in [5, 5.41) is 0.817. The minimum Gasteiger partial charge on any atom is -0.340 e. The first-order valence-electron chi connectivity index (χ1n) is 8.87. The Labute approximate surface area is 146 Å². The van der Waals surface area contributed by atoms with Crippen LogP contribution in [0.2, 0.25) is 0 Å². The van der Waals surface area contributed by atoms with Crippen LogP contribution in [0, 0.1) is 0 Å². The SMILES string of the molecule is CN1CCN(C(=O)CC2CSc3nc4c(c(=O)n32)CCCC4)CC1. The number of fused-ring (bicyclic) bond motifs is 2. The second-order valence-electron chi connectivity index (χ2n) is 7.05. The fraction of sp³-hybridized carbons (Fsp3) is 0.706. The van der Waals surface area contributed by atoms with Crippen LogP contribution in [0.4, 0.5) is 0 Å². The van der Waals surface area contributed by atoms with Gasteiger partial charge in [-0.1, -0.05) is 11.8 Å². The number of nitrogens with zero attached hydrogens (tertiary/aromatic N) is 4. The van der Waals surface area contributed by atoms with Gasteiger partial charge in [-0.15, -0.1) is 0 Å². The van der Waals surface area contributed by atoms with Crippen LogP contribution in [0.5, 0.6) is 0 Å². The van der Waals surface area contributed by atoms with Gasteiger partial charge >= 0.3 is 0 Å². The highest BCUT2D eigenvalue weighted by Gasteiger charge is 2.32. The van der Waals surface area contributed by atoms with Gasteiger partial charge in [0.1, 0.15) is 0 Å². The monoisotopic (exact) mass is 348 g/mol. The summed E-state index contributed by atoms with van der Waals surface area (Å²) in [5.74, 6) is 0.955. The molecule has 0 N–H and O–H groups in total. The van der Waals surface area contributed by atoms with Crippen molar-refractivity contribution in [3.05, 3.63) is 21.6 Å². The maximum absolute atomic E-state index is 12.9. The summed E-state index contributed by atoms with van der Waals surface area (Å²) in [7, 11) is 2.08. The summed E-state index contributed by atoms with van der Waals surface area (Å²) in [6.45, 7) is 3.44. The first-order valence-corrected chi connectivity index (χ1v) is 9.85. The van der Waals surface area contributed by atoms with Gasteiger partial charge in [-0.05, 0) is 32.7 Å². The molecule has 24 heavy (non-hydrogen) atoms. The van der Waals surface area contributed by atoms with E-state index in [1.807, 2.05) is 9.47 Å². The number of carbonyl (C=O) groups excluding carboxylic acids is 1. The minimum absolute atomic E-state index is 0.0376. The van der Waals surface area contributed by atoms with Crippen molar-refractivity contribution in [2.45, 2.75) is 43.3 Å². The number of piperazine rings is 1. The standard InChI is InChI=1S/C17H24N4O2S/c1-19-6-8-20(9-7-19)15(22)10-12-11-24-17-18-14-5-3-2-4-13(14)16(23)21(12)17/h12H,2-11H2,1H3. The van der Waals surface area contributed by atoms with E-state index in [0.717, 1.165) is 74.0 Å². The molecular weight excluding hydrogens is 324 g/mol. The number of aryl methyl sites for hydroxylation is 1. The van der Waals surface area contributed by atoms with Crippen LogP contribution in [0.1, 0.15) is 36.6 Å². The van der Waals surface area contributed by atoms with Crippen molar-refractivity contribution < 1.29 is 4.79 Å². The van der Waals surface area contributed by atoms with Crippen molar-refractivity contribution in [1.82, 2.24) is 19.4 Å².